The third-order valence-corrected chi connectivity index (χ3v) is 3.60. The van der Waals surface area contributed by atoms with Crippen molar-refractivity contribution in [3.63, 3.8) is 0 Å². The lowest BCUT2D eigenvalue weighted by molar-refractivity contribution is -0.137. The van der Waals surface area contributed by atoms with Crippen LogP contribution in [0, 0.1) is 0 Å². The SMILES string of the molecule is NC(=O)c1nccc(Oc2cccc(C(F)(F)F)c2)c1-c1ccccc1. The summed E-state index contributed by atoms with van der Waals surface area (Å²) in [7, 11) is 0. The van der Waals surface area contributed by atoms with Gasteiger partial charge in [0.05, 0.1) is 11.1 Å². The summed E-state index contributed by atoms with van der Waals surface area (Å²) in [6.45, 7) is 0. The first kappa shape index (κ1) is 17.5. The summed E-state index contributed by atoms with van der Waals surface area (Å²) in [4.78, 5) is 15.7. The Bertz CT molecular complexity index is 941. The van der Waals surface area contributed by atoms with Gasteiger partial charge in [0.15, 0.2) is 0 Å². The summed E-state index contributed by atoms with van der Waals surface area (Å²) in [5.74, 6) is -0.601. The van der Waals surface area contributed by atoms with Crippen LogP contribution in [-0.4, -0.2) is 10.9 Å². The first-order valence-electron chi connectivity index (χ1n) is 7.55. The Morgan fingerprint density at radius 2 is 1.73 bits per heavy atom. The van der Waals surface area contributed by atoms with Gasteiger partial charge in [-0.2, -0.15) is 13.2 Å². The average molecular weight is 358 g/mol. The number of pyridine rings is 1. The lowest BCUT2D eigenvalue weighted by Crippen LogP contribution is -2.15. The topological polar surface area (TPSA) is 65.2 Å². The van der Waals surface area contributed by atoms with Gasteiger partial charge in [-0.25, -0.2) is 0 Å². The van der Waals surface area contributed by atoms with Gasteiger partial charge in [0.1, 0.15) is 17.2 Å². The lowest BCUT2D eigenvalue weighted by atomic mass is 10.0. The molecule has 7 heteroatoms. The standard InChI is InChI=1S/C19H13F3N2O2/c20-19(21,22)13-7-4-8-14(11-13)26-15-9-10-24-17(18(23)25)16(15)12-5-2-1-3-6-12/h1-11H,(H2,23,25). The summed E-state index contributed by atoms with van der Waals surface area (Å²) < 4.78 is 44.3. The quantitative estimate of drug-likeness (QED) is 0.738. The molecule has 0 aliphatic heterocycles. The number of carbonyl (C=O) groups is 1. The highest BCUT2D eigenvalue weighted by molar-refractivity contribution is 5.99. The van der Waals surface area contributed by atoms with Crippen LogP contribution < -0.4 is 10.5 Å². The van der Waals surface area contributed by atoms with Crippen LogP contribution in [0.5, 0.6) is 11.5 Å². The lowest BCUT2D eigenvalue weighted by Gasteiger charge is -2.14. The van der Waals surface area contributed by atoms with E-state index >= 15 is 0 Å². The molecule has 3 aromatic rings. The molecule has 0 aliphatic carbocycles. The molecule has 0 bridgehead atoms. The largest absolute Gasteiger partial charge is 0.457 e. The van der Waals surface area contributed by atoms with Crippen LogP contribution in [0.1, 0.15) is 16.1 Å². The van der Waals surface area contributed by atoms with Crippen molar-refractivity contribution in [2.75, 3.05) is 0 Å². The highest BCUT2D eigenvalue weighted by Crippen LogP contribution is 2.37. The second-order valence-corrected chi connectivity index (χ2v) is 5.39. The summed E-state index contributed by atoms with van der Waals surface area (Å²) in [6.07, 6.45) is -3.17. The minimum atomic E-state index is -4.49. The van der Waals surface area contributed by atoms with Crippen molar-refractivity contribution in [2.45, 2.75) is 6.18 Å². The predicted molar refractivity (Wildman–Crippen MR) is 89.7 cm³/mol. The molecule has 1 amide bonds. The van der Waals surface area contributed by atoms with E-state index in [4.69, 9.17) is 10.5 Å². The molecule has 0 aliphatic rings. The van der Waals surface area contributed by atoms with Crippen LogP contribution in [0.4, 0.5) is 13.2 Å². The van der Waals surface area contributed by atoms with Gasteiger partial charge < -0.3 is 10.5 Å². The van der Waals surface area contributed by atoms with Crippen molar-refractivity contribution >= 4 is 5.91 Å². The number of amides is 1. The third kappa shape index (κ3) is 3.66. The van der Waals surface area contributed by atoms with Crippen LogP contribution >= 0.6 is 0 Å². The molecule has 0 radical (unpaired) electrons. The van der Waals surface area contributed by atoms with Gasteiger partial charge in [0, 0.05) is 6.20 Å². The van der Waals surface area contributed by atoms with E-state index < -0.39 is 17.6 Å². The molecule has 1 aromatic heterocycles. The molecule has 0 fully saturated rings. The maximum atomic E-state index is 12.9. The third-order valence-electron chi connectivity index (χ3n) is 3.60. The van der Waals surface area contributed by atoms with Crippen molar-refractivity contribution in [2.24, 2.45) is 5.73 Å². The first-order chi connectivity index (χ1) is 12.4. The number of rotatable bonds is 4. The molecule has 0 saturated heterocycles. The summed E-state index contributed by atoms with van der Waals surface area (Å²) in [5.41, 5.74) is 5.45. The highest BCUT2D eigenvalue weighted by Gasteiger charge is 2.30. The molecule has 0 spiro atoms. The van der Waals surface area contributed by atoms with Gasteiger partial charge in [-0.1, -0.05) is 36.4 Å². The van der Waals surface area contributed by atoms with Gasteiger partial charge in [-0.05, 0) is 29.8 Å². The molecule has 3 rings (SSSR count). The van der Waals surface area contributed by atoms with E-state index in [0.29, 0.717) is 11.1 Å². The van der Waals surface area contributed by atoms with Crippen molar-refractivity contribution in [3.05, 3.63) is 78.1 Å². The molecule has 26 heavy (non-hydrogen) atoms. The number of benzene rings is 2. The van der Waals surface area contributed by atoms with Crippen molar-refractivity contribution < 1.29 is 22.7 Å². The Hall–Kier alpha value is -3.35. The number of hydrogen-bond acceptors (Lipinski definition) is 3. The number of alkyl halides is 3. The first-order valence-corrected chi connectivity index (χ1v) is 7.55. The van der Waals surface area contributed by atoms with E-state index in [1.54, 1.807) is 30.3 Å². The maximum Gasteiger partial charge on any atom is 0.416 e. The smallest absolute Gasteiger partial charge is 0.416 e. The molecular formula is C19H13F3N2O2. The second-order valence-electron chi connectivity index (χ2n) is 5.39. The fourth-order valence-electron chi connectivity index (χ4n) is 2.46. The van der Waals surface area contributed by atoms with E-state index in [1.165, 1.54) is 24.4 Å². The number of ether oxygens (including phenoxy) is 1. The minimum absolute atomic E-state index is 0.0152. The highest BCUT2D eigenvalue weighted by atomic mass is 19.4. The average Bonchev–Trinajstić information content (AvgIpc) is 2.62. The summed E-state index contributed by atoms with van der Waals surface area (Å²) in [5, 5.41) is 0. The number of nitrogens with two attached hydrogens (primary N) is 1. The van der Waals surface area contributed by atoms with E-state index in [1.807, 2.05) is 0 Å². The monoisotopic (exact) mass is 358 g/mol. The molecule has 0 unspecified atom stereocenters. The normalized spacial score (nSPS) is 11.2. The predicted octanol–water partition coefficient (Wildman–Crippen LogP) is 4.66. The molecule has 0 atom stereocenters. The van der Waals surface area contributed by atoms with E-state index in [-0.39, 0.29) is 17.2 Å². The summed E-state index contributed by atoms with van der Waals surface area (Å²) >= 11 is 0. The number of hydrogen-bond donors (Lipinski definition) is 1. The van der Waals surface area contributed by atoms with Crippen LogP contribution in [0.2, 0.25) is 0 Å². The number of carbonyl (C=O) groups excluding carboxylic acids is 1. The zero-order valence-electron chi connectivity index (χ0n) is 13.3. The molecule has 1 heterocycles. The Morgan fingerprint density at radius 3 is 2.38 bits per heavy atom. The molecule has 2 N–H and O–H groups in total. The van der Waals surface area contributed by atoms with Gasteiger partial charge in [0.2, 0.25) is 0 Å². The number of nitrogens with zero attached hydrogens (tertiary/aromatic N) is 1. The van der Waals surface area contributed by atoms with E-state index in [0.717, 1.165) is 12.1 Å². The summed E-state index contributed by atoms with van der Waals surface area (Å²) in [6, 6.07) is 14.7. The number of aromatic nitrogens is 1. The van der Waals surface area contributed by atoms with E-state index in [9.17, 15) is 18.0 Å². The Morgan fingerprint density at radius 1 is 1.00 bits per heavy atom. The zero-order valence-corrected chi connectivity index (χ0v) is 13.3. The molecule has 0 saturated carbocycles. The van der Waals surface area contributed by atoms with Crippen LogP contribution in [0.15, 0.2) is 66.9 Å². The fraction of sp³-hybridized carbons (Fsp3) is 0.0526. The van der Waals surface area contributed by atoms with Gasteiger partial charge in [-0.15, -0.1) is 0 Å². The Labute approximate surface area is 147 Å². The second kappa shape index (κ2) is 6.87. The molecule has 132 valence electrons. The molecular weight excluding hydrogens is 345 g/mol. The van der Waals surface area contributed by atoms with Crippen LogP contribution in [-0.2, 0) is 6.18 Å². The number of primary amides is 1. The van der Waals surface area contributed by atoms with Crippen LogP contribution in [0.25, 0.3) is 11.1 Å². The Balaban J connectivity index is 2.09. The van der Waals surface area contributed by atoms with Crippen LogP contribution in [0.3, 0.4) is 0 Å². The van der Waals surface area contributed by atoms with Gasteiger partial charge in [0.25, 0.3) is 5.91 Å². The molecule has 2 aromatic carbocycles. The van der Waals surface area contributed by atoms with E-state index in [2.05, 4.69) is 4.98 Å². The maximum absolute atomic E-state index is 12.9. The zero-order chi connectivity index (χ0) is 18.7. The van der Waals surface area contributed by atoms with Crippen molar-refractivity contribution in [1.82, 2.24) is 4.98 Å². The van der Waals surface area contributed by atoms with Gasteiger partial charge in [-0.3, -0.25) is 9.78 Å². The van der Waals surface area contributed by atoms with Gasteiger partial charge >= 0.3 is 6.18 Å². The number of halogens is 3. The molecule has 4 nitrogen and oxygen atoms in total. The Kier molecular flexibility index (Phi) is 4.62. The van der Waals surface area contributed by atoms with Crippen molar-refractivity contribution in [3.8, 4) is 22.6 Å². The van der Waals surface area contributed by atoms with Crippen molar-refractivity contribution in [1.29, 1.82) is 0 Å². The fourth-order valence-corrected chi connectivity index (χ4v) is 2.46. The minimum Gasteiger partial charge on any atom is -0.457 e.